The average Bonchev–Trinajstić information content (AvgIpc) is 2.82. The second-order valence-corrected chi connectivity index (χ2v) is 8.16. The summed E-state index contributed by atoms with van der Waals surface area (Å²) in [7, 11) is 3.51. The highest BCUT2D eigenvalue weighted by Gasteiger charge is 2.22. The van der Waals surface area contributed by atoms with Crippen LogP contribution in [-0.4, -0.2) is 31.7 Å². The topological polar surface area (TPSA) is 54.5 Å². The first-order chi connectivity index (χ1) is 15.1. The van der Waals surface area contributed by atoms with Crippen LogP contribution in [0.5, 0.6) is 0 Å². The number of fused-ring (bicyclic) bond motifs is 1. The Labute approximate surface area is 184 Å². The van der Waals surface area contributed by atoms with Crippen LogP contribution >= 0.6 is 0 Å². The quantitative estimate of drug-likeness (QED) is 0.541. The summed E-state index contributed by atoms with van der Waals surface area (Å²) in [6.07, 6.45) is 6.69. The zero-order valence-corrected chi connectivity index (χ0v) is 18.4. The number of esters is 1. The Hall–Kier alpha value is -3.34. The van der Waals surface area contributed by atoms with Gasteiger partial charge in [0.1, 0.15) is 0 Å². The molecule has 0 aliphatic heterocycles. The fourth-order valence-electron chi connectivity index (χ4n) is 4.30. The lowest BCUT2D eigenvalue weighted by atomic mass is 9.82. The van der Waals surface area contributed by atoms with Crippen molar-refractivity contribution >= 4 is 23.0 Å². The number of pyridine rings is 1. The molecule has 0 fully saturated rings. The average molecular weight is 416 g/mol. The SMILES string of the molecule is COC(=O)c1ccncc1NC[C@@H]1CCCc2cc(N(C)c3ccc(C)cc3)ccc21. The third-order valence-corrected chi connectivity index (χ3v) is 6.14. The number of nitrogens with zero attached hydrogens (tertiary/aromatic N) is 2. The summed E-state index contributed by atoms with van der Waals surface area (Å²) in [6.45, 7) is 2.87. The Morgan fingerprint density at radius 3 is 2.71 bits per heavy atom. The van der Waals surface area contributed by atoms with E-state index in [0.29, 0.717) is 11.5 Å². The Morgan fingerprint density at radius 2 is 1.94 bits per heavy atom. The standard InChI is InChI=1S/C26H29N3O2/c1-18-7-9-21(10-8-18)29(2)22-11-12-23-19(15-22)5-4-6-20(23)16-28-25-17-27-14-13-24(25)26(30)31-3/h7-15,17,20,28H,4-6,16H2,1-3H3/t20-/m0/s1. The zero-order valence-electron chi connectivity index (χ0n) is 18.4. The normalized spacial score (nSPS) is 15.1. The first kappa shape index (κ1) is 20.9. The minimum absolute atomic E-state index is 0.349. The Kier molecular flexibility index (Phi) is 6.21. The molecule has 4 rings (SSSR count). The number of aromatic nitrogens is 1. The van der Waals surface area contributed by atoms with Crippen LogP contribution in [0.2, 0.25) is 0 Å². The number of benzene rings is 2. The van der Waals surface area contributed by atoms with Crippen LogP contribution in [0.15, 0.2) is 60.9 Å². The number of carbonyl (C=O) groups excluding carboxylic acids is 1. The van der Waals surface area contributed by atoms with Gasteiger partial charge in [-0.2, -0.15) is 0 Å². The number of hydrogen-bond acceptors (Lipinski definition) is 5. The maximum absolute atomic E-state index is 12.0. The van der Waals surface area contributed by atoms with Gasteiger partial charge in [-0.05, 0) is 67.6 Å². The molecule has 0 saturated carbocycles. The van der Waals surface area contributed by atoms with Crippen LogP contribution in [0.3, 0.4) is 0 Å². The number of ether oxygens (including phenoxy) is 1. The van der Waals surface area contributed by atoms with E-state index >= 15 is 0 Å². The van der Waals surface area contributed by atoms with E-state index in [2.05, 4.69) is 71.6 Å². The molecule has 3 aromatic rings. The van der Waals surface area contributed by atoms with E-state index in [1.54, 1.807) is 18.5 Å². The van der Waals surface area contributed by atoms with Gasteiger partial charge in [-0.15, -0.1) is 0 Å². The summed E-state index contributed by atoms with van der Waals surface area (Å²) in [6, 6.07) is 17.1. The van der Waals surface area contributed by atoms with Crippen molar-refractivity contribution in [3.8, 4) is 0 Å². The number of hydrogen-bond donors (Lipinski definition) is 1. The first-order valence-electron chi connectivity index (χ1n) is 10.8. The van der Waals surface area contributed by atoms with Crippen LogP contribution in [0, 0.1) is 6.92 Å². The van der Waals surface area contributed by atoms with Gasteiger partial charge in [0.25, 0.3) is 0 Å². The van der Waals surface area contributed by atoms with Crippen molar-refractivity contribution in [1.82, 2.24) is 4.98 Å². The van der Waals surface area contributed by atoms with Gasteiger partial charge in [0.05, 0.1) is 24.6 Å². The van der Waals surface area contributed by atoms with Crippen molar-refractivity contribution in [3.63, 3.8) is 0 Å². The van der Waals surface area contributed by atoms with E-state index in [-0.39, 0.29) is 5.97 Å². The number of rotatable bonds is 6. The fourth-order valence-corrected chi connectivity index (χ4v) is 4.30. The largest absolute Gasteiger partial charge is 0.465 e. The fraction of sp³-hybridized carbons (Fsp3) is 0.308. The molecular formula is C26H29N3O2. The summed E-state index contributed by atoms with van der Waals surface area (Å²) >= 11 is 0. The summed E-state index contributed by atoms with van der Waals surface area (Å²) in [5.74, 6) is 0.0471. The van der Waals surface area contributed by atoms with Gasteiger partial charge in [0.15, 0.2) is 0 Å². The molecule has 0 spiro atoms. The summed E-state index contributed by atoms with van der Waals surface area (Å²) in [5.41, 5.74) is 7.70. The predicted octanol–water partition coefficient (Wildman–Crippen LogP) is 5.48. The van der Waals surface area contributed by atoms with Crippen molar-refractivity contribution < 1.29 is 9.53 Å². The maximum Gasteiger partial charge on any atom is 0.340 e. The van der Waals surface area contributed by atoms with Crippen LogP contribution in [0.4, 0.5) is 17.1 Å². The lowest BCUT2D eigenvalue weighted by Gasteiger charge is -2.28. The number of anilines is 3. The molecule has 1 heterocycles. The van der Waals surface area contributed by atoms with Gasteiger partial charge in [-0.1, -0.05) is 23.8 Å². The molecule has 0 saturated heterocycles. The van der Waals surface area contributed by atoms with Crippen molar-refractivity contribution in [1.29, 1.82) is 0 Å². The molecule has 1 aliphatic carbocycles. The zero-order chi connectivity index (χ0) is 21.8. The van der Waals surface area contributed by atoms with E-state index in [9.17, 15) is 4.79 Å². The van der Waals surface area contributed by atoms with Gasteiger partial charge in [0, 0.05) is 37.1 Å². The molecule has 31 heavy (non-hydrogen) atoms. The highest BCUT2D eigenvalue weighted by atomic mass is 16.5. The molecule has 1 atom stereocenters. The molecule has 1 N–H and O–H groups in total. The molecule has 1 aromatic heterocycles. The first-order valence-corrected chi connectivity index (χ1v) is 10.8. The van der Waals surface area contributed by atoms with Crippen LogP contribution < -0.4 is 10.2 Å². The van der Waals surface area contributed by atoms with E-state index in [1.807, 2.05) is 0 Å². The van der Waals surface area contributed by atoms with Gasteiger partial charge < -0.3 is 15.0 Å². The third-order valence-electron chi connectivity index (χ3n) is 6.14. The molecule has 160 valence electrons. The van der Waals surface area contributed by atoms with E-state index < -0.39 is 0 Å². The molecule has 0 radical (unpaired) electrons. The number of methoxy groups -OCH3 is 1. The Balaban J connectivity index is 1.51. The molecule has 0 unspecified atom stereocenters. The summed E-state index contributed by atoms with van der Waals surface area (Å²) in [4.78, 5) is 18.4. The summed E-state index contributed by atoms with van der Waals surface area (Å²) in [5, 5.41) is 3.43. The Morgan fingerprint density at radius 1 is 1.16 bits per heavy atom. The van der Waals surface area contributed by atoms with Gasteiger partial charge in [0.2, 0.25) is 0 Å². The van der Waals surface area contributed by atoms with E-state index in [1.165, 1.54) is 35.2 Å². The summed E-state index contributed by atoms with van der Waals surface area (Å²) < 4.78 is 4.89. The molecule has 0 bridgehead atoms. The van der Waals surface area contributed by atoms with Gasteiger partial charge in [-0.25, -0.2) is 4.79 Å². The molecule has 0 amide bonds. The molecular weight excluding hydrogens is 386 g/mol. The van der Waals surface area contributed by atoms with Crippen LogP contribution in [-0.2, 0) is 11.2 Å². The van der Waals surface area contributed by atoms with Crippen molar-refractivity contribution in [2.45, 2.75) is 32.1 Å². The third kappa shape index (κ3) is 4.55. The molecule has 5 nitrogen and oxygen atoms in total. The Bertz CT molecular complexity index is 1060. The van der Waals surface area contributed by atoms with E-state index in [4.69, 9.17) is 4.74 Å². The number of carbonyl (C=O) groups is 1. The molecule has 5 heteroatoms. The second kappa shape index (κ2) is 9.21. The lowest BCUT2D eigenvalue weighted by Crippen LogP contribution is -2.20. The minimum Gasteiger partial charge on any atom is -0.465 e. The van der Waals surface area contributed by atoms with E-state index in [0.717, 1.165) is 31.5 Å². The minimum atomic E-state index is -0.349. The number of aryl methyl sites for hydroxylation is 2. The predicted molar refractivity (Wildman–Crippen MR) is 125 cm³/mol. The maximum atomic E-state index is 12.0. The molecule has 1 aliphatic rings. The van der Waals surface area contributed by atoms with Crippen LogP contribution in [0.25, 0.3) is 0 Å². The highest BCUT2D eigenvalue weighted by molar-refractivity contribution is 5.95. The second-order valence-electron chi connectivity index (χ2n) is 8.16. The monoisotopic (exact) mass is 415 g/mol. The van der Waals surface area contributed by atoms with Crippen molar-refractivity contribution in [3.05, 3.63) is 83.2 Å². The highest BCUT2D eigenvalue weighted by Crippen LogP contribution is 2.35. The lowest BCUT2D eigenvalue weighted by molar-refractivity contribution is 0.0601. The van der Waals surface area contributed by atoms with Gasteiger partial charge in [-0.3, -0.25) is 4.98 Å². The smallest absolute Gasteiger partial charge is 0.340 e. The van der Waals surface area contributed by atoms with Crippen molar-refractivity contribution in [2.75, 3.05) is 30.9 Å². The van der Waals surface area contributed by atoms with Gasteiger partial charge >= 0.3 is 5.97 Å². The number of nitrogens with one attached hydrogen (secondary N) is 1. The van der Waals surface area contributed by atoms with Crippen LogP contribution in [0.1, 0.15) is 45.8 Å². The molecule has 2 aromatic carbocycles. The van der Waals surface area contributed by atoms with Crippen molar-refractivity contribution in [2.24, 2.45) is 0 Å².